The van der Waals surface area contributed by atoms with Crippen molar-refractivity contribution in [2.24, 2.45) is 0 Å². The van der Waals surface area contributed by atoms with Crippen molar-refractivity contribution in [3.05, 3.63) is 67.2 Å². The number of esters is 3. The molecule has 508 valence electrons. The summed E-state index contributed by atoms with van der Waals surface area (Å²) >= 11 is 5.43. The second-order valence-electron chi connectivity index (χ2n) is 25.2. The van der Waals surface area contributed by atoms with E-state index in [1.807, 2.05) is 66.5 Å². The number of unbranched alkanes of at least 4 members (excludes halogenated alkanes) is 2. The maximum absolute atomic E-state index is 13.6. The van der Waals surface area contributed by atoms with Gasteiger partial charge in [-0.25, -0.2) is 14.4 Å². The largest absolute Gasteiger partial charge is 0.481 e. The van der Waals surface area contributed by atoms with Gasteiger partial charge in [0.15, 0.2) is 0 Å². The highest BCUT2D eigenvalue weighted by molar-refractivity contribution is 14.1. The van der Waals surface area contributed by atoms with E-state index in [0.29, 0.717) is 75.2 Å². The van der Waals surface area contributed by atoms with Crippen LogP contribution in [0.3, 0.4) is 0 Å². The van der Waals surface area contributed by atoms with Gasteiger partial charge in [0.2, 0.25) is 11.8 Å². The van der Waals surface area contributed by atoms with Crippen molar-refractivity contribution >= 4 is 104 Å². The quantitative estimate of drug-likeness (QED) is 0.0219. The molecule has 0 saturated carbocycles. The van der Waals surface area contributed by atoms with Gasteiger partial charge >= 0.3 is 41.8 Å². The molecule has 2 aromatic carbocycles. The molecule has 0 aromatic heterocycles. The van der Waals surface area contributed by atoms with Crippen LogP contribution in [0.5, 0.6) is 0 Å². The monoisotopic (exact) mass is 1460 g/mol. The smallest absolute Gasteiger partial charge is 0.326 e. The molecular weight excluding hydrogens is 1360 g/mol. The van der Waals surface area contributed by atoms with E-state index in [2.05, 4.69) is 42.5 Å². The molecule has 0 bridgehead atoms. The summed E-state index contributed by atoms with van der Waals surface area (Å²) in [5.41, 5.74) is -0.824. The molecule has 0 unspecified atom stereocenters. The van der Waals surface area contributed by atoms with Gasteiger partial charge in [0.25, 0.3) is 11.8 Å². The lowest BCUT2D eigenvalue weighted by atomic mass is 10.1. The van der Waals surface area contributed by atoms with E-state index < -0.39 is 95.4 Å². The maximum atomic E-state index is 13.6. The third-order valence-corrected chi connectivity index (χ3v) is 14.7. The minimum Gasteiger partial charge on any atom is -0.481 e. The highest BCUT2D eigenvalue weighted by atomic mass is 127. The van der Waals surface area contributed by atoms with Gasteiger partial charge in [0.1, 0.15) is 28.9 Å². The third kappa shape index (κ3) is 35.2. The van der Waals surface area contributed by atoms with Crippen LogP contribution < -0.4 is 26.6 Å². The van der Waals surface area contributed by atoms with Crippen molar-refractivity contribution in [3.63, 3.8) is 0 Å². The van der Waals surface area contributed by atoms with Crippen molar-refractivity contribution in [1.82, 2.24) is 51.1 Å². The maximum Gasteiger partial charge on any atom is 0.326 e. The fourth-order valence-electron chi connectivity index (χ4n) is 9.23. The van der Waals surface area contributed by atoms with Gasteiger partial charge in [0.05, 0.1) is 26.2 Å². The standard InChI is InChI=1S/C62H94BrIN10O17/c1-60(2,3)89-52(79)39-71-28-26-70(27-29-72(40-53(80)90-61(4,5)6)31-33-73(32-30-71)41-54(81)91-62(7,8)9)38-49(75)65-23-24-67-56(83)44-34-43(35-46(64)36-44)55(82)66-22-12-10-15-50(76)74(37-42-16-18-45(63)19-17-42)25-13-11-14-47(57(84)85)68-59(88)69-48(58(86)87)20-21-51(77)78/h16-19,34-36,47-48H,10-15,20-33,37-41H2,1-9H3,(H,65,75)(H,66,82)(H,67,83)(H,77,78)(H,84,85)(H,86,87)(H2,68,69,88)/t47-,48-/m0/s1. The number of benzene rings is 2. The number of aliphatic carboxylic acids is 3. The Morgan fingerprint density at radius 1 is 0.538 bits per heavy atom. The molecule has 1 aliphatic heterocycles. The minimum absolute atomic E-state index is 0.00782. The second-order valence-corrected chi connectivity index (χ2v) is 27.3. The first kappa shape index (κ1) is 78.7. The summed E-state index contributed by atoms with van der Waals surface area (Å²) in [6, 6.07) is 8.10. The number of ether oxygens (including phenoxy) is 3. The number of carbonyl (C=O) groups excluding carboxylic acids is 8. The van der Waals surface area contributed by atoms with Gasteiger partial charge in [0, 0.05) is 117 Å². The van der Waals surface area contributed by atoms with Gasteiger partial charge in [-0.3, -0.25) is 58.0 Å². The summed E-state index contributed by atoms with van der Waals surface area (Å²) in [5, 5.41) is 40.9. The predicted octanol–water partition coefficient (Wildman–Crippen LogP) is 4.32. The molecule has 1 aliphatic rings. The molecule has 0 radical (unpaired) electrons. The summed E-state index contributed by atoms with van der Waals surface area (Å²) in [6.07, 6.45) is 0.637. The molecule has 6 amide bonds. The van der Waals surface area contributed by atoms with E-state index in [0.717, 1.165) is 10.0 Å². The average Bonchev–Trinajstić information content (AvgIpc) is 2.84. The fourth-order valence-corrected chi connectivity index (χ4v) is 10.2. The Hall–Kier alpha value is -6.54. The summed E-state index contributed by atoms with van der Waals surface area (Å²) in [4.78, 5) is 150. The van der Waals surface area contributed by atoms with E-state index in [-0.39, 0.29) is 101 Å². The van der Waals surface area contributed by atoms with Crippen LogP contribution in [0.4, 0.5) is 4.79 Å². The first-order chi connectivity index (χ1) is 42.5. The molecular formula is C62H94BrIN10O17. The fraction of sp³-hybridized carbons (Fsp3) is 0.629. The number of carbonyl (C=O) groups is 11. The number of halogens is 2. The molecule has 3 rings (SSSR count). The van der Waals surface area contributed by atoms with E-state index in [1.54, 1.807) is 79.3 Å². The van der Waals surface area contributed by atoms with Crippen LogP contribution in [0.15, 0.2) is 46.9 Å². The highest BCUT2D eigenvalue weighted by Crippen LogP contribution is 2.18. The molecule has 29 heteroatoms. The Balaban J connectivity index is 1.58. The lowest BCUT2D eigenvalue weighted by Crippen LogP contribution is -2.51. The zero-order valence-corrected chi connectivity index (χ0v) is 57.7. The van der Waals surface area contributed by atoms with E-state index in [4.69, 9.17) is 19.3 Å². The molecule has 91 heavy (non-hydrogen) atoms. The Kier molecular flexibility index (Phi) is 33.8. The molecule has 1 fully saturated rings. The summed E-state index contributed by atoms with van der Waals surface area (Å²) in [6.45, 7) is 19.8. The lowest BCUT2D eigenvalue weighted by Gasteiger charge is -2.34. The SMILES string of the molecule is CC(C)(C)OC(=O)CN1CCN(CC(=O)NCCNC(=O)c2cc(I)cc(C(=O)NCCCCC(=O)N(CCCC[C@H](NC(=O)N[C@@H](CCC(=O)O)C(=O)O)C(=O)O)Cc3ccc(Br)cc3)c2)CCN(CC(=O)OC(C)(C)C)CCN(CC(=O)OC(C)(C)C)CC1. The van der Waals surface area contributed by atoms with Crippen LogP contribution in [-0.2, 0) is 59.1 Å². The molecule has 2 atom stereocenters. The van der Waals surface area contributed by atoms with Crippen LogP contribution in [0, 0.1) is 3.57 Å². The molecule has 2 aromatic rings. The van der Waals surface area contributed by atoms with E-state index in [1.165, 1.54) is 6.07 Å². The summed E-state index contributed by atoms with van der Waals surface area (Å²) in [7, 11) is 0. The van der Waals surface area contributed by atoms with E-state index >= 15 is 0 Å². The topological polar surface area (TPSA) is 352 Å². The van der Waals surface area contributed by atoms with Crippen molar-refractivity contribution in [1.29, 1.82) is 0 Å². The first-order valence-corrected chi connectivity index (χ1v) is 32.4. The number of hydrogen-bond acceptors (Lipinski definition) is 18. The zero-order valence-electron chi connectivity index (χ0n) is 53.9. The Morgan fingerprint density at radius 3 is 1.38 bits per heavy atom. The second kappa shape index (κ2) is 39.1. The van der Waals surface area contributed by atoms with Crippen LogP contribution >= 0.6 is 38.5 Å². The molecule has 1 saturated heterocycles. The molecule has 27 nitrogen and oxygen atoms in total. The first-order valence-electron chi connectivity index (χ1n) is 30.5. The number of nitrogens with one attached hydrogen (secondary N) is 5. The number of hydrogen-bond donors (Lipinski definition) is 8. The molecule has 0 aliphatic carbocycles. The minimum atomic E-state index is -1.55. The highest BCUT2D eigenvalue weighted by Gasteiger charge is 2.29. The van der Waals surface area contributed by atoms with Crippen molar-refractivity contribution in [2.75, 3.05) is 105 Å². The number of carboxylic acid groups (broad SMARTS) is 3. The number of amides is 6. The molecule has 0 spiro atoms. The van der Waals surface area contributed by atoms with Gasteiger partial charge in [-0.1, -0.05) is 28.1 Å². The van der Waals surface area contributed by atoms with Gasteiger partial charge in [-0.2, -0.15) is 0 Å². The average molecular weight is 1460 g/mol. The van der Waals surface area contributed by atoms with Gasteiger partial charge in [-0.15, -0.1) is 0 Å². The predicted molar refractivity (Wildman–Crippen MR) is 349 cm³/mol. The summed E-state index contributed by atoms with van der Waals surface area (Å²) in [5.74, 6) is -6.76. The Morgan fingerprint density at radius 2 is 0.956 bits per heavy atom. The Bertz CT molecular complexity index is 2730. The molecule has 1 heterocycles. The van der Waals surface area contributed by atoms with Gasteiger partial charge in [-0.05, 0) is 159 Å². The van der Waals surface area contributed by atoms with Crippen LogP contribution in [0.1, 0.15) is 140 Å². The third-order valence-electron chi connectivity index (χ3n) is 13.5. The van der Waals surface area contributed by atoms with Crippen molar-refractivity contribution < 1.29 is 82.3 Å². The van der Waals surface area contributed by atoms with Crippen LogP contribution in [-0.4, -0.2) is 239 Å². The van der Waals surface area contributed by atoms with Crippen LogP contribution in [0.25, 0.3) is 0 Å². The van der Waals surface area contributed by atoms with Crippen LogP contribution in [0.2, 0.25) is 0 Å². The lowest BCUT2D eigenvalue weighted by molar-refractivity contribution is -0.158. The number of nitrogens with zero attached hydrogens (tertiary/aromatic N) is 5. The van der Waals surface area contributed by atoms with E-state index in [9.17, 15) is 63.0 Å². The number of rotatable bonds is 32. The van der Waals surface area contributed by atoms with Crippen molar-refractivity contribution in [3.8, 4) is 0 Å². The summed E-state index contributed by atoms with van der Waals surface area (Å²) < 4.78 is 18.4. The number of carboxylic acids is 3. The zero-order chi connectivity index (χ0) is 68.1. The number of urea groups is 1. The van der Waals surface area contributed by atoms with Gasteiger partial charge < -0.3 is 61.0 Å². The van der Waals surface area contributed by atoms with Crippen molar-refractivity contribution in [2.45, 2.75) is 149 Å². The normalized spacial score (nSPS) is 14.8. The molecule has 8 N–H and O–H groups in total. The Labute approximate surface area is 555 Å².